The Balaban J connectivity index is 0.000000704. The highest BCUT2D eigenvalue weighted by molar-refractivity contribution is 5.56. The molecule has 0 fully saturated rings. The van der Waals surface area contributed by atoms with Gasteiger partial charge in [0.05, 0.1) is 6.20 Å². The maximum absolute atomic E-state index is 4.30. The molecular formula is C15H17N5. The molecule has 102 valence electrons. The van der Waals surface area contributed by atoms with E-state index >= 15 is 0 Å². The minimum absolute atomic E-state index is 0.753. The topological polar surface area (TPSA) is 56.5 Å². The first-order valence-electron chi connectivity index (χ1n) is 6.59. The molecule has 0 unspecified atom stereocenters. The molecule has 0 amide bonds. The van der Waals surface area contributed by atoms with Crippen molar-refractivity contribution in [2.45, 2.75) is 20.8 Å². The number of hydrogen-bond donors (Lipinski definition) is 0. The van der Waals surface area contributed by atoms with Gasteiger partial charge in [0, 0.05) is 24.2 Å². The normalized spacial score (nSPS) is 9.75. The number of hydrogen-bond acceptors (Lipinski definition) is 4. The van der Waals surface area contributed by atoms with Crippen LogP contribution < -0.4 is 0 Å². The van der Waals surface area contributed by atoms with Gasteiger partial charge in [-0.3, -0.25) is 4.98 Å². The summed E-state index contributed by atoms with van der Waals surface area (Å²) in [4.78, 5) is 8.36. The molecule has 0 saturated carbocycles. The fourth-order valence-corrected chi connectivity index (χ4v) is 1.62. The van der Waals surface area contributed by atoms with Crippen molar-refractivity contribution in [2.75, 3.05) is 0 Å². The number of pyridine rings is 2. The Bertz CT molecular complexity index is 644. The van der Waals surface area contributed by atoms with Crippen LogP contribution in [0.2, 0.25) is 0 Å². The van der Waals surface area contributed by atoms with E-state index in [-0.39, 0.29) is 0 Å². The fourth-order valence-electron chi connectivity index (χ4n) is 1.62. The molecule has 0 aliphatic rings. The molecule has 5 nitrogen and oxygen atoms in total. The summed E-state index contributed by atoms with van der Waals surface area (Å²) in [6, 6.07) is 7.73. The minimum atomic E-state index is 0.753. The second-order valence-corrected chi connectivity index (χ2v) is 3.98. The number of rotatable bonds is 2. The molecule has 0 bridgehead atoms. The first-order chi connectivity index (χ1) is 9.83. The molecule has 3 rings (SSSR count). The fraction of sp³-hybridized carbons (Fsp3) is 0.200. The van der Waals surface area contributed by atoms with Gasteiger partial charge in [0.25, 0.3) is 0 Å². The second kappa shape index (κ2) is 6.56. The van der Waals surface area contributed by atoms with Gasteiger partial charge >= 0.3 is 0 Å². The summed E-state index contributed by atoms with van der Waals surface area (Å²) in [5.74, 6) is 0.753. The summed E-state index contributed by atoms with van der Waals surface area (Å²) in [6.07, 6.45) is 7.14. The highest BCUT2D eigenvalue weighted by Gasteiger charge is 2.05. The molecule has 20 heavy (non-hydrogen) atoms. The standard InChI is InChI=1S/C13H11N5.C2H6/c1-10-4-5-13(15-7-10)18-9-12(16-17-18)11-3-2-6-14-8-11;1-2/h2-9H,1H3;1-2H3. The zero-order chi connectivity index (χ0) is 14.4. The average Bonchev–Trinajstić information content (AvgIpc) is 3.01. The Labute approximate surface area is 118 Å². The van der Waals surface area contributed by atoms with Gasteiger partial charge < -0.3 is 0 Å². The molecule has 3 heterocycles. The molecular weight excluding hydrogens is 250 g/mol. The molecule has 3 aromatic rings. The summed E-state index contributed by atoms with van der Waals surface area (Å²) in [5.41, 5.74) is 2.84. The van der Waals surface area contributed by atoms with E-state index in [0.717, 1.165) is 22.6 Å². The van der Waals surface area contributed by atoms with E-state index in [1.54, 1.807) is 23.3 Å². The van der Waals surface area contributed by atoms with Crippen LogP contribution in [-0.2, 0) is 0 Å². The molecule has 0 N–H and O–H groups in total. The van der Waals surface area contributed by atoms with Gasteiger partial charge in [0.2, 0.25) is 0 Å². The van der Waals surface area contributed by atoms with Crippen LogP contribution in [0.5, 0.6) is 0 Å². The van der Waals surface area contributed by atoms with Crippen molar-refractivity contribution in [1.29, 1.82) is 0 Å². The first kappa shape index (κ1) is 13.9. The average molecular weight is 267 g/mol. The Morgan fingerprint density at radius 3 is 2.55 bits per heavy atom. The SMILES string of the molecule is CC.Cc1ccc(-n2cc(-c3cccnc3)nn2)nc1. The van der Waals surface area contributed by atoms with Crippen LogP contribution in [0.25, 0.3) is 17.1 Å². The lowest BCUT2D eigenvalue weighted by atomic mass is 10.2. The highest BCUT2D eigenvalue weighted by Crippen LogP contribution is 2.15. The lowest BCUT2D eigenvalue weighted by Gasteiger charge is -1.98. The van der Waals surface area contributed by atoms with Crippen LogP contribution in [0.15, 0.2) is 49.1 Å². The number of aromatic nitrogens is 5. The van der Waals surface area contributed by atoms with Crippen molar-refractivity contribution in [1.82, 2.24) is 25.0 Å². The lowest BCUT2D eigenvalue weighted by molar-refractivity contribution is 0.781. The summed E-state index contributed by atoms with van der Waals surface area (Å²) in [5, 5.41) is 8.19. The molecule has 5 heteroatoms. The van der Waals surface area contributed by atoms with Crippen molar-refractivity contribution >= 4 is 0 Å². The predicted octanol–water partition coefficient (Wildman–Crippen LogP) is 3.06. The van der Waals surface area contributed by atoms with Crippen molar-refractivity contribution < 1.29 is 0 Å². The monoisotopic (exact) mass is 267 g/mol. The Morgan fingerprint density at radius 2 is 1.90 bits per heavy atom. The number of nitrogens with zero attached hydrogens (tertiary/aromatic N) is 5. The van der Waals surface area contributed by atoms with Gasteiger partial charge in [-0.2, -0.15) is 0 Å². The zero-order valence-corrected chi connectivity index (χ0v) is 11.9. The Kier molecular flexibility index (Phi) is 4.55. The molecule has 3 aromatic heterocycles. The van der Waals surface area contributed by atoms with E-state index in [2.05, 4.69) is 20.3 Å². The molecule has 0 atom stereocenters. The molecule has 0 spiro atoms. The lowest BCUT2D eigenvalue weighted by Crippen LogP contribution is -1.97. The number of aryl methyl sites for hydroxylation is 1. The Hall–Kier alpha value is -2.56. The maximum Gasteiger partial charge on any atom is 0.155 e. The summed E-state index contributed by atoms with van der Waals surface area (Å²) < 4.78 is 1.65. The second-order valence-electron chi connectivity index (χ2n) is 3.98. The third kappa shape index (κ3) is 3.06. The minimum Gasteiger partial charge on any atom is -0.264 e. The Morgan fingerprint density at radius 1 is 1.05 bits per heavy atom. The third-order valence-electron chi connectivity index (χ3n) is 2.58. The van der Waals surface area contributed by atoms with Crippen molar-refractivity contribution in [3.05, 3.63) is 54.6 Å². The van der Waals surface area contributed by atoms with E-state index in [1.165, 1.54) is 0 Å². The van der Waals surface area contributed by atoms with Crippen LogP contribution in [0.4, 0.5) is 0 Å². The van der Waals surface area contributed by atoms with E-state index in [1.807, 2.05) is 51.2 Å². The van der Waals surface area contributed by atoms with E-state index in [9.17, 15) is 0 Å². The molecule has 0 aromatic carbocycles. The zero-order valence-electron chi connectivity index (χ0n) is 11.9. The van der Waals surface area contributed by atoms with E-state index < -0.39 is 0 Å². The van der Waals surface area contributed by atoms with Crippen LogP contribution in [0, 0.1) is 6.92 Å². The van der Waals surface area contributed by atoms with Gasteiger partial charge in [0.1, 0.15) is 5.69 Å². The largest absolute Gasteiger partial charge is 0.264 e. The molecule has 0 radical (unpaired) electrons. The predicted molar refractivity (Wildman–Crippen MR) is 78.5 cm³/mol. The third-order valence-corrected chi connectivity index (χ3v) is 2.58. The van der Waals surface area contributed by atoms with E-state index in [4.69, 9.17) is 0 Å². The van der Waals surface area contributed by atoms with Gasteiger partial charge in [-0.1, -0.05) is 25.1 Å². The quantitative estimate of drug-likeness (QED) is 0.716. The van der Waals surface area contributed by atoms with Gasteiger partial charge in [-0.25, -0.2) is 9.67 Å². The van der Waals surface area contributed by atoms with E-state index in [0.29, 0.717) is 0 Å². The van der Waals surface area contributed by atoms with Gasteiger partial charge in [0.15, 0.2) is 5.82 Å². The van der Waals surface area contributed by atoms with Crippen LogP contribution in [0.3, 0.4) is 0 Å². The molecule has 0 saturated heterocycles. The van der Waals surface area contributed by atoms with Gasteiger partial charge in [-0.15, -0.1) is 5.10 Å². The maximum atomic E-state index is 4.30. The van der Waals surface area contributed by atoms with Crippen molar-refractivity contribution in [2.24, 2.45) is 0 Å². The summed E-state index contributed by atoms with van der Waals surface area (Å²) in [7, 11) is 0. The summed E-state index contributed by atoms with van der Waals surface area (Å²) >= 11 is 0. The molecule has 0 aliphatic heterocycles. The smallest absolute Gasteiger partial charge is 0.155 e. The van der Waals surface area contributed by atoms with Crippen molar-refractivity contribution in [3.63, 3.8) is 0 Å². The first-order valence-corrected chi connectivity index (χ1v) is 6.59. The molecule has 0 aliphatic carbocycles. The van der Waals surface area contributed by atoms with Crippen molar-refractivity contribution in [3.8, 4) is 17.1 Å². The summed E-state index contributed by atoms with van der Waals surface area (Å²) in [6.45, 7) is 6.00. The van der Waals surface area contributed by atoms with Crippen LogP contribution in [-0.4, -0.2) is 25.0 Å². The van der Waals surface area contributed by atoms with Gasteiger partial charge in [-0.05, 0) is 30.7 Å². The van der Waals surface area contributed by atoms with Crippen LogP contribution >= 0.6 is 0 Å². The van der Waals surface area contributed by atoms with Crippen LogP contribution in [0.1, 0.15) is 19.4 Å². The highest BCUT2D eigenvalue weighted by atomic mass is 15.4.